The molecule has 3 rings (SSSR count). The van der Waals surface area contributed by atoms with Crippen LogP contribution < -0.4 is 20.7 Å². The lowest BCUT2D eigenvalue weighted by Gasteiger charge is -2.12. The number of aliphatic imine (C=N–C) groups is 1. The minimum Gasteiger partial charge on any atom is -0.493 e. The highest BCUT2D eigenvalue weighted by atomic mass is 127. The fourth-order valence-corrected chi connectivity index (χ4v) is 2.88. The average Bonchev–Trinajstić information content (AvgIpc) is 3.12. The Balaban J connectivity index is 0.00000280. The molecular weight excluding hydrogens is 474 g/mol. The third-order valence-electron chi connectivity index (χ3n) is 4.21. The number of halogens is 2. The standard InChI is InChI=1S/C20H23FN4O2.HI/c1-22-20(24-13-19(26)25-17-4-2-3-16(21)12-17)23-9-7-14-5-6-18-15(11-14)8-10-27-18;/h2-6,11-12H,7-10,13H2,1H3,(H,25,26)(H2,22,23,24);1H. The molecule has 6 nitrogen and oxygen atoms in total. The molecular formula is C20H24FIN4O2. The minimum absolute atomic E-state index is 0. The first kappa shape index (κ1) is 21.9. The topological polar surface area (TPSA) is 74.8 Å². The van der Waals surface area contributed by atoms with Crippen LogP contribution >= 0.6 is 24.0 Å². The van der Waals surface area contributed by atoms with Gasteiger partial charge in [0.2, 0.25) is 5.91 Å². The average molecular weight is 498 g/mol. The summed E-state index contributed by atoms with van der Waals surface area (Å²) in [6.07, 6.45) is 1.80. The van der Waals surface area contributed by atoms with Gasteiger partial charge in [-0.3, -0.25) is 9.79 Å². The summed E-state index contributed by atoms with van der Waals surface area (Å²) in [6, 6.07) is 12.0. The van der Waals surface area contributed by atoms with Crippen molar-refractivity contribution < 1.29 is 13.9 Å². The quantitative estimate of drug-likeness (QED) is 0.326. The van der Waals surface area contributed by atoms with Crippen LogP contribution in [0.5, 0.6) is 5.75 Å². The van der Waals surface area contributed by atoms with Crippen molar-refractivity contribution in [2.24, 2.45) is 4.99 Å². The molecule has 0 aliphatic carbocycles. The number of guanidine groups is 1. The number of hydrogen-bond acceptors (Lipinski definition) is 3. The highest BCUT2D eigenvalue weighted by Crippen LogP contribution is 2.25. The number of carbonyl (C=O) groups is 1. The van der Waals surface area contributed by atoms with Crippen LogP contribution in [0, 0.1) is 5.82 Å². The molecule has 1 aliphatic rings. The van der Waals surface area contributed by atoms with Gasteiger partial charge in [0.05, 0.1) is 13.2 Å². The van der Waals surface area contributed by atoms with Crippen molar-refractivity contribution in [2.75, 3.05) is 32.1 Å². The Morgan fingerprint density at radius 3 is 2.86 bits per heavy atom. The third-order valence-corrected chi connectivity index (χ3v) is 4.21. The first-order chi connectivity index (χ1) is 13.1. The summed E-state index contributed by atoms with van der Waals surface area (Å²) in [5.41, 5.74) is 2.90. The second kappa shape index (κ2) is 10.8. The maximum absolute atomic E-state index is 13.1. The zero-order valence-corrected chi connectivity index (χ0v) is 18.0. The van der Waals surface area contributed by atoms with E-state index in [2.05, 4.69) is 33.1 Å². The molecule has 0 atom stereocenters. The molecule has 2 aromatic carbocycles. The Hall–Kier alpha value is -2.36. The van der Waals surface area contributed by atoms with Crippen molar-refractivity contribution in [1.29, 1.82) is 0 Å². The fourth-order valence-electron chi connectivity index (χ4n) is 2.88. The number of hydrogen-bond donors (Lipinski definition) is 3. The van der Waals surface area contributed by atoms with Gasteiger partial charge in [0.25, 0.3) is 0 Å². The molecule has 2 aromatic rings. The third kappa shape index (κ3) is 6.36. The van der Waals surface area contributed by atoms with E-state index in [1.165, 1.54) is 23.3 Å². The molecule has 1 heterocycles. The number of ether oxygens (including phenoxy) is 1. The van der Waals surface area contributed by atoms with Crippen molar-refractivity contribution in [3.05, 3.63) is 59.4 Å². The van der Waals surface area contributed by atoms with Crippen LogP contribution in [-0.2, 0) is 17.6 Å². The van der Waals surface area contributed by atoms with Gasteiger partial charge >= 0.3 is 0 Å². The van der Waals surface area contributed by atoms with Gasteiger partial charge in [-0.15, -0.1) is 24.0 Å². The molecule has 28 heavy (non-hydrogen) atoms. The molecule has 0 aromatic heterocycles. The Bertz CT molecular complexity index is 845. The van der Waals surface area contributed by atoms with E-state index in [1.807, 2.05) is 6.07 Å². The molecule has 150 valence electrons. The summed E-state index contributed by atoms with van der Waals surface area (Å²) in [4.78, 5) is 16.1. The van der Waals surface area contributed by atoms with Gasteiger partial charge in [-0.2, -0.15) is 0 Å². The largest absolute Gasteiger partial charge is 0.493 e. The van der Waals surface area contributed by atoms with E-state index in [0.717, 1.165) is 25.2 Å². The maximum Gasteiger partial charge on any atom is 0.243 e. The molecule has 0 bridgehead atoms. The molecule has 0 radical (unpaired) electrons. The molecule has 0 fully saturated rings. The first-order valence-electron chi connectivity index (χ1n) is 8.88. The van der Waals surface area contributed by atoms with Gasteiger partial charge in [0.15, 0.2) is 5.96 Å². The SMILES string of the molecule is CN=C(NCCc1ccc2c(c1)CCO2)NCC(=O)Nc1cccc(F)c1.I. The van der Waals surface area contributed by atoms with Gasteiger partial charge in [-0.1, -0.05) is 18.2 Å². The molecule has 0 saturated heterocycles. The molecule has 1 amide bonds. The van der Waals surface area contributed by atoms with E-state index < -0.39 is 5.82 Å². The Kier molecular flexibility index (Phi) is 8.49. The summed E-state index contributed by atoms with van der Waals surface area (Å²) < 4.78 is 18.6. The Morgan fingerprint density at radius 1 is 1.21 bits per heavy atom. The lowest BCUT2D eigenvalue weighted by molar-refractivity contribution is -0.115. The Morgan fingerprint density at radius 2 is 2.07 bits per heavy atom. The molecule has 0 unspecified atom stereocenters. The van der Waals surface area contributed by atoms with Crippen LogP contribution in [0.3, 0.4) is 0 Å². The summed E-state index contributed by atoms with van der Waals surface area (Å²) in [6.45, 7) is 1.47. The summed E-state index contributed by atoms with van der Waals surface area (Å²) in [7, 11) is 1.65. The fraction of sp³-hybridized carbons (Fsp3) is 0.300. The maximum atomic E-state index is 13.1. The van der Waals surface area contributed by atoms with E-state index >= 15 is 0 Å². The minimum atomic E-state index is -0.392. The summed E-state index contributed by atoms with van der Waals surface area (Å²) in [5.74, 6) is 0.848. The van der Waals surface area contributed by atoms with Crippen LogP contribution in [-0.4, -0.2) is 38.6 Å². The highest BCUT2D eigenvalue weighted by molar-refractivity contribution is 14.0. The van der Waals surface area contributed by atoms with Gasteiger partial charge < -0.3 is 20.7 Å². The van der Waals surface area contributed by atoms with E-state index in [-0.39, 0.29) is 36.4 Å². The zero-order chi connectivity index (χ0) is 19.1. The summed E-state index contributed by atoms with van der Waals surface area (Å²) in [5, 5.41) is 8.76. The van der Waals surface area contributed by atoms with Crippen molar-refractivity contribution >= 4 is 41.5 Å². The van der Waals surface area contributed by atoms with Crippen LogP contribution in [0.15, 0.2) is 47.5 Å². The smallest absolute Gasteiger partial charge is 0.243 e. The number of nitrogens with zero attached hydrogens (tertiary/aromatic N) is 1. The van der Waals surface area contributed by atoms with Gasteiger partial charge in [0.1, 0.15) is 11.6 Å². The predicted octanol–water partition coefficient (Wildman–Crippen LogP) is 2.72. The zero-order valence-electron chi connectivity index (χ0n) is 15.6. The number of benzene rings is 2. The first-order valence-corrected chi connectivity index (χ1v) is 8.88. The van der Waals surface area contributed by atoms with Crippen LogP contribution in [0.2, 0.25) is 0 Å². The summed E-state index contributed by atoms with van der Waals surface area (Å²) >= 11 is 0. The number of carbonyl (C=O) groups excluding carboxylic acids is 1. The lowest BCUT2D eigenvalue weighted by Crippen LogP contribution is -2.42. The number of rotatable bonds is 6. The molecule has 0 saturated carbocycles. The van der Waals surface area contributed by atoms with Crippen molar-refractivity contribution in [3.63, 3.8) is 0 Å². The van der Waals surface area contributed by atoms with Crippen LogP contribution in [0.1, 0.15) is 11.1 Å². The van der Waals surface area contributed by atoms with Gasteiger partial charge in [-0.05, 0) is 41.8 Å². The van der Waals surface area contributed by atoms with Crippen LogP contribution in [0.4, 0.5) is 10.1 Å². The molecule has 8 heteroatoms. The number of fused-ring (bicyclic) bond motifs is 1. The number of anilines is 1. The van der Waals surface area contributed by atoms with E-state index in [0.29, 0.717) is 18.2 Å². The molecule has 1 aliphatic heterocycles. The second-order valence-corrected chi connectivity index (χ2v) is 6.20. The number of nitrogens with one attached hydrogen (secondary N) is 3. The van der Waals surface area contributed by atoms with Gasteiger partial charge in [-0.25, -0.2) is 4.39 Å². The van der Waals surface area contributed by atoms with Crippen molar-refractivity contribution in [2.45, 2.75) is 12.8 Å². The van der Waals surface area contributed by atoms with Crippen LogP contribution in [0.25, 0.3) is 0 Å². The monoisotopic (exact) mass is 498 g/mol. The van der Waals surface area contributed by atoms with E-state index in [4.69, 9.17) is 4.74 Å². The predicted molar refractivity (Wildman–Crippen MR) is 119 cm³/mol. The normalized spacial score (nSPS) is 12.4. The van der Waals surface area contributed by atoms with Crippen molar-refractivity contribution in [3.8, 4) is 5.75 Å². The van der Waals surface area contributed by atoms with E-state index in [1.54, 1.807) is 19.2 Å². The van der Waals surface area contributed by atoms with E-state index in [9.17, 15) is 9.18 Å². The lowest BCUT2D eigenvalue weighted by atomic mass is 10.1. The number of amides is 1. The van der Waals surface area contributed by atoms with Crippen molar-refractivity contribution in [1.82, 2.24) is 10.6 Å². The van der Waals surface area contributed by atoms with Gasteiger partial charge in [0, 0.05) is 25.7 Å². The molecule has 3 N–H and O–H groups in total. The molecule has 0 spiro atoms. The Labute approximate surface area is 181 Å². The highest BCUT2D eigenvalue weighted by Gasteiger charge is 2.12. The second-order valence-electron chi connectivity index (χ2n) is 6.20.